The average Bonchev–Trinajstić information content (AvgIpc) is 3.35. The molecule has 2 aromatic rings. The molecule has 1 aromatic carbocycles. The molecule has 15 nitrogen and oxygen atoms in total. The summed E-state index contributed by atoms with van der Waals surface area (Å²) in [5.41, 5.74) is 6.80. The van der Waals surface area contributed by atoms with E-state index in [4.69, 9.17) is 5.73 Å². The van der Waals surface area contributed by atoms with Gasteiger partial charge < -0.3 is 47.1 Å². The van der Waals surface area contributed by atoms with E-state index in [9.17, 15) is 44.4 Å². The lowest BCUT2D eigenvalue weighted by Crippen LogP contribution is -2.58. The van der Waals surface area contributed by atoms with E-state index in [1.54, 1.807) is 0 Å². The van der Waals surface area contributed by atoms with Gasteiger partial charge in [-0.05, 0) is 17.7 Å². The number of aliphatic hydroxyl groups excluding tert-OH is 1. The molecule has 0 aliphatic rings. The number of aromatic nitrogens is 2. The van der Waals surface area contributed by atoms with Crippen LogP contribution < -0.4 is 21.7 Å². The lowest BCUT2D eigenvalue weighted by molar-refractivity contribution is -0.143. The van der Waals surface area contributed by atoms with Crippen LogP contribution in [0, 0.1) is 0 Å². The third kappa shape index (κ3) is 9.23. The number of carboxylic acid groups (broad SMARTS) is 2. The van der Waals surface area contributed by atoms with Gasteiger partial charge in [-0.15, -0.1) is 0 Å². The lowest BCUT2D eigenvalue weighted by atomic mass is 10.0. The number of aliphatic hydroxyl groups is 1. The number of nitrogens with two attached hydrogens (primary N) is 1. The van der Waals surface area contributed by atoms with E-state index >= 15 is 0 Å². The van der Waals surface area contributed by atoms with Gasteiger partial charge in [0.1, 0.15) is 23.9 Å². The van der Waals surface area contributed by atoms with Crippen LogP contribution in [0.5, 0.6) is 5.75 Å². The van der Waals surface area contributed by atoms with Crippen LogP contribution in [-0.4, -0.2) is 90.8 Å². The Bertz CT molecular complexity index is 1090. The van der Waals surface area contributed by atoms with Crippen molar-refractivity contribution < 1.29 is 44.4 Å². The van der Waals surface area contributed by atoms with Crippen LogP contribution in [0.2, 0.25) is 0 Å². The van der Waals surface area contributed by atoms with Crippen molar-refractivity contribution >= 4 is 29.7 Å². The van der Waals surface area contributed by atoms with Gasteiger partial charge in [0.05, 0.1) is 25.4 Å². The van der Waals surface area contributed by atoms with E-state index in [2.05, 4.69) is 25.9 Å². The molecule has 0 bridgehead atoms. The predicted octanol–water partition coefficient (Wildman–Crippen LogP) is -2.77. The highest BCUT2D eigenvalue weighted by Crippen LogP contribution is 2.12. The number of aromatic amines is 1. The highest BCUT2D eigenvalue weighted by Gasteiger charge is 2.31. The number of aromatic hydroxyl groups is 1. The van der Waals surface area contributed by atoms with Crippen molar-refractivity contribution in [2.24, 2.45) is 5.73 Å². The third-order valence-electron chi connectivity index (χ3n) is 5.15. The number of rotatable bonds is 14. The Morgan fingerprint density at radius 3 is 2.03 bits per heavy atom. The van der Waals surface area contributed by atoms with Crippen molar-refractivity contribution in [2.45, 2.75) is 43.4 Å². The fourth-order valence-electron chi connectivity index (χ4n) is 3.20. The standard InChI is InChI=1S/C22H28N6O9/c23-14(6-12-8-24-10-25-12)19(33)28-17(9-29)21(35)26-15(7-18(31)32)20(34)27-16(22(36)37)5-11-1-3-13(30)4-2-11/h1-4,8,10,14-17,29-30H,5-7,9,23H2,(H,24,25)(H,26,35)(H,27,34)(H,28,33)(H,31,32)(H,36,37). The summed E-state index contributed by atoms with van der Waals surface area (Å²) in [5, 5.41) is 44.1. The molecule has 10 N–H and O–H groups in total. The molecule has 15 heteroatoms. The number of phenols is 1. The number of carbonyl (C=O) groups is 5. The van der Waals surface area contributed by atoms with Gasteiger partial charge in [-0.3, -0.25) is 19.2 Å². The summed E-state index contributed by atoms with van der Waals surface area (Å²) < 4.78 is 0. The summed E-state index contributed by atoms with van der Waals surface area (Å²) in [4.78, 5) is 67.2. The van der Waals surface area contributed by atoms with Gasteiger partial charge in [-0.1, -0.05) is 12.1 Å². The normalized spacial score (nSPS) is 14.0. The Labute approximate surface area is 210 Å². The van der Waals surface area contributed by atoms with Crippen molar-refractivity contribution in [1.29, 1.82) is 0 Å². The largest absolute Gasteiger partial charge is 0.508 e. The minimum absolute atomic E-state index is 0.0447. The SMILES string of the molecule is NC(Cc1cnc[nH]1)C(=O)NC(CO)C(=O)NC(CC(=O)O)C(=O)NC(Cc1ccc(O)cc1)C(=O)O. The van der Waals surface area contributed by atoms with Crippen LogP contribution in [0.15, 0.2) is 36.8 Å². The molecular weight excluding hydrogens is 492 g/mol. The maximum atomic E-state index is 12.7. The summed E-state index contributed by atoms with van der Waals surface area (Å²) >= 11 is 0. The molecule has 0 saturated carbocycles. The van der Waals surface area contributed by atoms with Gasteiger partial charge in [0.2, 0.25) is 17.7 Å². The van der Waals surface area contributed by atoms with E-state index in [1.165, 1.54) is 36.8 Å². The number of nitrogens with zero attached hydrogens (tertiary/aromatic N) is 1. The molecule has 4 atom stereocenters. The third-order valence-corrected chi connectivity index (χ3v) is 5.15. The molecular formula is C22H28N6O9. The Morgan fingerprint density at radius 2 is 1.49 bits per heavy atom. The first kappa shape index (κ1) is 28.7. The Kier molecular flexibility index (Phi) is 10.5. The second kappa shape index (κ2) is 13.6. The van der Waals surface area contributed by atoms with Crippen molar-refractivity contribution in [3.05, 3.63) is 48.0 Å². The number of carboxylic acids is 2. The molecule has 1 aromatic heterocycles. The highest BCUT2D eigenvalue weighted by atomic mass is 16.4. The summed E-state index contributed by atoms with van der Waals surface area (Å²) in [7, 11) is 0. The maximum Gasteiger partial charge on any atom is 0.326 e. The average molecular weight is 520 g/mol. The quantitative estimate of drug-likeness (QED) is 0.123. The number of H-pyrrole nitrogens is 1. The van der Waals surface area contributed by atoms with Gasteiger partial charge >= 0.3 is 11.9 Å². The Hall–Kier alpha value is -4.50. The van der Waals surface area contributed by atoms with Gasteiger partial charge in [0, 0.05) is 24.7 Å². The zero-order valence-electron chi connectivity index (χ0n) is 19.5. The van der Waals surface area contributed by atoms with E-state index in [0.29, 0.717) is 11.3 Å². The minimum atomic E-state index is -1.73. The number of nitrogens with one attached hydrogen (secondary N) is 4. The molecule has 3 amide bonds. The number of hydrogen-bond donors (Lipinski definition) is 9. The number of hydrogen-bond acceptors (Lipinski definition) is 9. The van der Waals surface area contributed by atoms with Crippen molar-refractivity contribution in [3.63, 3.8) is 0 Å². The molecule has 0 aliphatic carbocycles. The van der Waals surface area contributed by atoms with Gasteiger partial charge in [0.25, 0.3) is 0 Å². The fraction of sp³-hybridized carbons (Fsp3) is 0.364. The summed E-state index contributed by atoms with van der Waals surface area (Å²) in [6.07, 6.45) is 1.78. The zero-order chi connectivity index (χ0) is 27.5. The summed E-state index contributed by atoms with van der Waals surface area (Å²) in [5.74, 6) is -5.94. The first-order chi connectivity index (χ1) is 17.5. The first-order valence-corrected chi connectivity index (χ1v) is 11.0. The topological polar surface area (TPSA) is 257 Å². The Morgan fingerprint density at radius 1 is 0.892 bits per heavy atom. The number of amides is 3. The van der Waals surface area contributed by atoms with Crippen LogP contribution in [0.25, 0.3) is 0 Å². The summed E-state index contributed by atoms with van der Waals surface area (Å²) in [6, 6.07) is -0.357. The fourth-order valence-corrected chi connectivity index (χ4v) is 3.20. The summed E-state index contributed by atoms with van der Waals surface area (Å²) in [6.45, 7) is -0.894. The van der Waals surface area contributed by atoms with E-state index in [1.807, 2.05) is 0 Å². The molecule has 2 rings (SSSR count). The highest BCUT2D eigenvalue weighted by molar-refractivity contribution is 5.95. The lowest BCUT2D eigenvalue weighted by Gasteiger charge is -2.23. The number of aliphatic carboxylic acids is 2. The van der Waals surface area contributed by atoms with Crippen molar-refractivity contribution in [1.82, 2.24) is 25.9 Å². The van der Waals surface area contributed by atoms with Gasteiger partial charge in [-0.25, -0.2) is 9.78 Å². The molecule has 37 heavy (non-hydrogen) atoms. The maximum absolute atomic E-state index is 12.7. The molecule has 200 valence electrons. The van der Waals surface area contributed by atoms with Crippen LogP contribution >= 0.6 is 0 Å². The number of carbonyl (C=O) groups excluding carboxylic acids is 3. The smallest absolute Gasteiger partial charge is 0.326 e. The van der Waals surface area contributed by atoms with Crippen molar-refractivity contribution in [3.8, 4) is 5.75 Å². The molecule has 1 heterocycles. The number of imidazole rings is 1. The molecule has 0 fully saturated rings. The monoisotopic (exact) mass is 520 g/mol. The van der Waals surface area contributed by atoms with Crippen LogP contribution in [0.3, 0.4) is 0 Å². The number of phenolic OH excluding ortho intramolecular Hbond substituents is 1. The Balaban J connectivity index is 2.05. The molecule has 0 radical (unpaired) electrons. The molecule has 4 unspecified atom stereocenters. The minimum Gasteiger partial charge on any atom is -0.508 e. The van der Waals surface area contributed by atoms with E-state index in [0.717, 1.165) is 0 Å². The second-order valence-corrected chi connectivity index (χ2v) is 8.06. The predicted molar refractivity (Wildman–Crippen MR) is 125 cm³/mol. The zero-order valence-corrected chi connectivity index (χ0v) is 19.5. The first-order valence-electron chi connectivity index (χ1n) is 11.0. The molecule has 0 aliphatic heterocycles. The van der Waals surface area contributed by atoms with Crippen LogP contribution in [0.1, 0.15) is 17.7 Å². The van der Waals surface area contributed by atoms with Gasteiger partial charge in [-0.2, -0.15) is 0 Å². The molecule has 0 saturated heterocycles. The van der Waals surface area contributed by atoms with Crippen LogP contribution in [-0.2, 0) is 36.8 Å². The van der Waals surface area contributed by atoms with E-state index < -0.39 is 66.9 Å². The van der Waals surface area contributed by atoms with Crippen molar-refractivity contribution in [2.75, 3.05) is 6.61 Å². The van der Waals surface area contributed by atoms with Crippen LogP contribution in [0.4, 0.5) is 0 Å². The molecule has 0 spiro atoms. The second-order valence-electron chi connectivity index (χ2n) is 8.06. The van der Waals surface area contributed by atoms with E-state index in [-0.39, 0.29) is 18.6 Å². The van der Waals surface area contributed by atoms with Gasteiger partial charge in [0.15, 0.2) is 0 Å². The number of benzene rings is 1.